The van der Waals surface area contributed by atoms with E-state index in [1.165, 1.54) is 25.1 Å². The van der Waals surface area contributed by atoms with E-state index in [1.54, 1.807) is 0 Å². The van der Waals surface area contributed by atoms with Gasteiger partial charge in [-0.05, 0) is 43.5 Å². The SMILES string of the molecule is C=C(C)C(=O)OCCCC(=Cc1ccc(F)cc1Cl)C(=O)O. The Kier molecular flexibility index (Phi) is 6.79. The average molecular weight is 327 g/mol. The Bertz CT molecular complexity index is 623. The van der Waals surface area contributed by atoms with E-state index >= 15 is 0 Å². The van der Waals surface area contributed by atoms with Crippen molar-refractivity contribution in [3.8, 4) is 0 Å². The zero-order chi connectivity index (χ0) is 16.7. The van der Waals surface area contributed by atoms with Crippen LogP contribution in [0.3, 0.4) is 0 Å². The monoisotopic (exact) mass is 326 g/mol. The van der Waals surface area contributed by atoms with Crippen LogP contribution in [0.15, 0.2) is 35.9 Å². The van der Waals surface area contributed by atoms with Crippen molar-refractivity contribution in [2.75, 3.05) is 6.61 Å². The Morgan fingerprint density at radius 3 is 2.68 bits per heavy atom. The minimum absolute atomic E-state index is 0.0907. The highest BCUT2D eigenvalue weighted by Gasteiger charge is 2.10. The molecule has 0 radical (unpaired) electrons. The third kappa shape index (κ3) is 5.69. The van der Waals surface area contributed by atoms with Gasteiger partial charge in [0.15, 0.2) is 0 Å². The largest absolute Gasteiger partial charge is 0.478 e. The molecule has 0 spiro atoms. The number of carboxylic acid groups (broad SMARTS) is 1. The molecule has 6 heteroatoms. The molecular weight excluding hydrogens is 311 g/mol. The lowest BCUT2D eigenvalue weighted by Crippen LogP contribution is -2.08. The first-order valence-corrected chi connectivity index (χ1v) is 6.90. The molecule has 1 rings (SSSR count). The van der Waals surface area contributed by atoms with Crippen LogP contribution in [0.25, 0.3) is 6.08 Å². The summed E-state index contributed by atoms with van der Waals surface area (Å²) < 4.78 is 17.8. The zero-order valence-electron chi connectivity index (χ0n) is 12.1. The van der Waals surface area contributed by atoms with Crippen LogP contribution in [0.1, 0.15) is 25.3 Å². The third-order valence-corrected chi connectivity index (χ3v) is 3.07. The van der Waals surface area contributed by atoms with Crippen molar-refractivity contribution in [3.05, 3.63) is 52.3 Å². The van der Waals surface area contributed by atoms with Crippen LogP contribution >= 0.6 is 11.6 Å². The molecule has 0 unspecified atom stereocenters. The van der Waals surface area contributed by atoms with Gasteiger partial charge in [-0.15, -0.1) is 0 Å². The second-order valence-electron chi connectivity index (χ2n) is 4.66. The Morgan fingerprint density at radius 2 is 2.14 bits per heavy atom. The number of aliphatic carboxylic acids is 1. The first-order valence-electron chi connectivity index (χ1n) is 6.53. The van der Waals surface area contributed by atoms with Crippen LogP contribution in [0.5, 0.6) is 0 Å². The molecule has 1 N–H and O–H groups in total. The predicted molar refractivity (Wildman–Crippen MR) is 82.0 cm³/mol. The van der Waals surface area contributed by atoms with Gasteiger partial charge in [-0.3, -0.25) is 0 Å². The van der Waals surface area contributed by atoms with Crippen molar-refractivity contribution < 1.29 is 23.8 Å². The summed E-state index contributed by atoms with van der Waals surface area (Å²) in [4.78, 5) is 22.4. The molecule has 0 saturated heterocycles. The molecule has 118 valence electrons. The number of benzene rings is 1. The fourth-order valence-corrected chi connectivity index (χ4v) is 1.82. The fourth-order valence-electron chi connectivity index (χ4n) is 1.60. The van der Waals surface area contributed by atoms with Crippen molar-refractivity contribution in [3.63, 3.8) is 0 Å². The number of carbonyl (C=O) groups excluding carboxylic acids is 1. The van der Waals surface area contributed by atoms with Gasteiger partial charge in [0.05, 0.1) is 11.6 Å². The smallest absolute Gasteiger partial charge is 0.333 e. The second-order valence-corrected chi connectivity index (χ2v) is 5.07. The molecule has 0 amide bonds. The van der Waals surface area contributed by atoms with Crippen molar-refractivity contribution in [1.29, 1.82) is 0 Å². The van der Waals surface area contributed by atoms with E-state index in [0.29, 0.717) is 12.0 Å². The maximum Gasteiger partial charge on any atom is 0.333 e. The predicted octanol–water partition coefficient (Wildman–Crippen LogP) is 3.85. The number of rotatable bonds is 7. The lowest BCUT2D eigenvalue weighted by atomic mass is 10.1. The van der Waals surface area contributed by atoms with Crippen LogP contribution in [-0.2, 0) is 14.3 Å². The molecule has 0 bridgehead atoms. The van der Waals surface area contributed by atoms with E-state index < -0.39 is 17.8 Å². The summed E-state index contributed by atoms with van der Waals surface area (Å²) in [5.74, 6) is -2.11. The summed E-state index contributed by atoms with van der Waals surface area (Å²) in [6, 6.07) is 3.72. The van der Waals surface area contributed by atoms with Crippen LogP contribution < -0.4 is 0 Å². The van der Waals surface area contributed by atoms with Gasteiger partial charge in [0.1, 0.15) is 5.82 Å². The highest BCUT2D eigenvalue weighted by atomic mass is 35.5. The van der Waals surface area contributed by atoms with Crippen LogP contribution in [0.4, 0.5) is 4.39 Å². The molecule has 0 fully saturated rings. The Hall–Kier alpha value is -2.14. The molecule has 0 heterocycles. The molecule has 0 aliphatic carbocycles. The van der Waals surface area contributed by atoms with Crippen molar-refractivity contribution >= 4 is 29.6 Å². The standard InChI is InChI=1S/C16H16ClFO4/c1-10(2)16(21)22-7-3-4-12(15(19)20)8-11-5-6-13(18)9-14(11)17/h5-6,8-9H,1,3-4,7H2,2H3,(H,19,20). The van der Waals surface area contributed by atoms with Crippen LogP contribution in [-0.4, -0.2) is 23.7 Å². The Balaban J connectivity index is 2.70. The summed E-state index contributed by atoms with van der Waals surface area (Å²) in [5.41, 5.74) is 0.798. The molecule has 0 saturated carbocycles. The second kappa shape index (κ2) is 8.34. The maximum atomic E-state index is 13.0. The Morgan fingerprint density at radius 1 is 1.45 bits per heavy atom. The fraction of sp³-hybridized carbons (Fsp3) is 0.250. The molecule has 1 aromatic rings. The summed E-state index contributed by atoms with van der Waals surface area (Å²) in [6.45, 7) is 5.06. The van der Waals surface area contributed by atoms with Gasteiger partial charge in [0.2, 0.25) is 0 Å². The van der Waals surface area contributed by atoms with Crippen molar-refractivity contribution in [2.24, 2.45) is 0 Å². The van der Waals surface area contributed by atoms with Crippen molar-refractivity contribution in [2.45, 2.75) is 19.8 Å². The van der Waals surface area contributed by atoms with E-state index in [4.69, 9.17) is 21.4 Å². The molecular formula is C16H16ClFO4. The molecule has 0 aliphatic heterocycles. The first kappa shape index (κ1) is 17.9. The number of carboxylic acids is 1. The highest BCUT2D eigenvalue weighted by molar-refractivity contribution is 6.32. The summed E-state index contributed by atoms with van der Waals surface area (Å²) >= 11 is 5.86. The summed E-state index contributed by atoms with van der Waals surface area (Å²) in [5, 5.41) is 9.30. The number of ether oxygens (including phenoxy) is 1. The number of esters is 1. The van der Waals surface area contributed by atoms with E-state index in [1.807, 2.05) is 0 Å². The lowest BCUT2D eigenvalue weighted by Gasteiger charge is -2.06. The minimum atomic E-state index is -1.10. The van der Waals surface area contributed by atoms with E-state index in [-0.39, 0.29) is 29.2 Å². The summed E-state index contributed by atoms with van der Waals surface area (Å²) in [7, 11) is 0. The minimum Gasteiger partial charge on any atom is -0.478 e. The van der Waals surface area contributed by atoms with Gasteiger partial charge in [0, 0.05) is 11.1 Å². The Labute approximate surface area is 132 Å². The number of hydrogen-bond acceptors (Lipinski definition) is 3. The number of halogens is 2. The zero-order valence-corrected chi connectivity index (χ0v) is 12.8. The van der Waals surface area contributed by atoms with Gasteiger partial charge in [0.25, 0.3) is 0 Å². The van der Waals surface area contributed by atoms with E-state index in [2.05, 4.69) is 6.58 Å². The molecule has 4 nitrogen and oxygen atoms in total. The highest BCUT2D eigenvalue weighted by Crippen LogP contribution is 2.21. The molecule has 0 atom stereocenters. The molecule has 0 aliphatic rings. The number of carbonyl (C=O) groups is 2. The van der Waals surface area contributed by atoms with Crippen LogP contribution in [0.2, 0.25) is 5.02 Å². The lowest BCUT2D eigenvalue weighted by molar-refractivity contribution is -0.139. The third-order valence-electron chi connectivity index (χ3n) is 2.74. The first-order chi connectivity index (χ1) is 10.3. The van der Waals surface area contributed by atoms with E-state index in [0.717, 1.165) is 6.07 Å². The van der Waals surface area contributed by atoms with E-state index in [9.17, 15) is 14.0 Å². The van der Waals surface area contributed by atoms with Gasteiger partial charge < -0.3 is 9.84 Å². The molecule has 22 heavy (non-hydrogen) atoms. The quantitative estimate of drug-likeness (QED) is 0.469. The van der Waals surface area contributed by atoms with Gasteiger partial charge in [-0.25, -0.2) is 14.0 Å². The van der Waals surface area contributed by atoms with Crippen molar-refractivity contribution in [1.82, 2.24) is 0 Å². The van der Waals surface area contributed by atoms with Crippen LogP contribution in [0, 0.1) is 5.82 Å². The molecule has 0 aromatic heterocycles. The summed E-state index contributed by atoms with van der Waals surface area (Å²) in [6.07, 6.45) is 1.91. The normalized spacial score (nSPS) is 11.1. The topological polar surface area (TPSA) is 63.6 Å². The average Bonchev–Trinajstić information content (AvgIpc) is 2.43. The van der Waals surface area contributed by atoms with Gasteiger partial charge >= 0.3 is 11.9 Å². The molecule has 1 aromatic carbocycles. The maximum absolute atomic E-state index is 13.0. The van der Waals surface area contributed by atoms with Gasteiger partial charge in [-0.2, -0.15) is 0 Å². The number of hydrogen-bond donors (Lipinski definition) is 1. The van der Waals surface area contributed by atoms with Gasteiger partial charge in [-0.1, -0.05) is 24.2 Å².